The molecule has 0 saturated heterocycles. The number of likely N-dealkylation sites (N-methyl/N-ethyl adjacent to an activating group) is 1. The number of nitrogens with zero attached hydrogens (tertiary/aromatic N) is 1. The molecule has 0 spiro atoms. The van der Waals surface area contributed by atoms with E-state index >= 15 is 0 Å². The van der Waals surface area contributed by atoms with Gasteiger partial charge in [0.15, 0.2) is 6.10 Å². The van der Waals surface area contributed by atoms with E-state index in [0.717, 1.165) is 109 Å². The number of quaternary nitrogens is 1. The Bertz CT molecular complexity index is 1370. The summed E-state index contributed by atoms with van der Waals surface area (Å²) >= 11 is 0. The van der Waals surface area contributed by atoms with Gasteiger partial charge in [-0.3, -0.25) is 14.2 Å². The fourth-order valence-electron chi connectivity index (χ4n) is 5.90. The molecule has 2 atom stereocenters. The van der Waals surface area contributed by atoms with E-state index < -0.39 is 32.5 Å². The van der Waals surface area contributed by atoms with Crippen molar-refractivity contribution in [1.29, 1.82) is 0 Å². The molecule has 10 heteroatoms. The Kier molecular flexibility index (Phi) is 41.1. The number of hydrogen-bond donors (Lipinski definition) is 0. The highest BCUT2D eigenvalue weighted by Crippen LogP contribution is 2.38. The summed E-state index contributed by atoms with van der Waals surface area (Å²) in [5, 5.41) is 0. The van der Waals surface area contributed by atoms with Crippen LogP contribution in [0.5, 0.6) is 0 Å². The fraction of sp³-hybridized carbons (Fsp3) is 0.654. The molecule has 0 fully saturated rings. The molecule has 62 heavy (non-hydrogen) atoms. The molecule has 354 valence electrons. The largest absolute Gasteiger partial charge is 0.756 e. The van der Waals surface area contributed by atoms with E-state index in [4.69, 9.17) is 18.5 Å². The van der Waals surface area contributed by atoms with E-state index in [2.05, 4.69) is 111 Å². The first-order valence-electron chi connectivity index (χ1n) is 23.9. The second kappa shape index (κ2) is 43.2. The lowest BCUT2D eigenvalue weighted by Gasteiger charge is -2.28. The first-order chi connectivity index (χ1) is 30.0. The lowest BCUT2D eigenvalue weighted by molar-refractivity contribution is -0.870. The van der Waals surface area contributed by atoms with E-state index in [0.29, 0.717) is 17.4 Å². The van der Waals surface area contributed by atoms with E-state index in [9.17, 15) is 19.0 Å². The van der Waals surface area contributed by atoms with Crippen molar-refractivity contribution >= 4 is 19.8 Å². The van der Waals surface area contributed by atoms with Crippen molar-refractivity contribution in [2.24, 2.45) is 0 Å². The average Bonchev–Trinajstić information content (AvgIpc) is 3.22. The van der Waals surface area contributed by atoms with Crippen LogP contribution < -0.4 is 4.89 Å². The molecule has 0 N–H and O–H groups in total. The molecule has 0 amide bonds. The molecule has 0 bridgehead atoms. The highest BCUT2D eigenvalue weighted by molar-refractivity contribution is 7.45. The van der Waals surface area contributed by atoms with Crippen molar-refractivity contribution in [3.8, 4) is 0 Å². The maximum atomic E-state index is 12.6. The van der Waals surface area contributed by atoms with Gasteiger partial charge < -0.3 is 27.9 Å². The quantitative estimate of drug-likeness (QED) is 0.0196. The Morgan fingerprint density at radius 1 is 0.516 bits per heavy atom. The van der Waals surface area contributed by atoms with E-state index in [1.807, 2.05) is 21.1 Å². The predicted octanol–water partition coefficient (Wildman–Crippen LogP) is 13.5. The third-order valence-electron chi connectivity index (χ3n) is 9.62. The van der Waals surface area contributed by atoms with Crippen molar-refractivity contribution in [2.75, 3.05) is 47.5 Å². The maximum Gasteiger partial charge on any atom is 0.306 e. The van der Waals surface area contributed by atoms with Crippen molar-refractivity contribution < 1.29 is 42.1 Å². The molecule has 0 rings (SSSR count). The van der Waals surface area contributed by atoms with Gasteiger partial charge in [-0.2, -0.15) is 0 Å². The zero-order chi connectivity index (χ0) is 45.7. The van der Waals surface area contributed by atoms with Crippen molar-refractivity contribution in [2.45, 2.75) is 174 Å². The van der Waals surface area contributed by atoms with Crippen LogP contribution in [0.2, 0.25) is 0 Å². The second-order valence-corrected chi connectivity index (χ2v) is 18.2. The highest BCUT2D eigenvalue weighted by Gasteiger charge is 2.21. The van der Waals surface area contributed by atoms with E-state index in [1.54, 1.807) is 0 Å². The summed E-state index contributed by atoms with van der Waals surface area (Å²) in [5.74, 6) is -0.866. The minimum atomic E-state index is -4.62. The smallest absolute Gasteiger partial charge is 0.306 e. The zero-order valence-corrected chi connectivity index (χ0v) is 40.7. The standard InChI is InChI=1S/C52H88NO8P/c1-6-8-10-12-13-14-15-16-17-18-19-20-21-22-23-24-25-26-27-28-29-30-31-32-33-34-35-36-37-38-39-41-43-45-52(55)61-50(48-58-51(54)44-42-40-11-9-7-2)49-60-62(56,57)59-47-46-53(3,4)5/h8,10,13-14,16-17,19-20,22-23,25-26,28-29,31-32,50H,6-7,9,11-12,15,18,21,24,27,30,33-49H2,1-5H3/b10-8-,14-13-,17-16-,20-19-,23-22-,26-25-,29-28-,32-31-. The van der Waals surface area contributed by atoms with E-state index in [-0.39, 0.29) is 26.1 Å². The van der Waals surface area contributed by atoms with Crippen LogP contribution >= 0.6 is 7.82 Å². The number of ether oxygens (including phenoxy) is 2. The van der Waals surface area contributed by atoms with Gasteiger partial charge in [-0.15, -0.1) is 0 Å². The predicted molar refractivity (Wildman–Crippen MR) is 259 cm³/mol. The van der Waals surface area contributed by atoms with Crippen LogP contribution in [0.25, 0.3) is 0 Å². The molecule has 0 aliphatic rings. The van der Waals surface area contributed by atoms with Gasteiger partial charge in [-0.05, 0) is 77.0 Å². The Hall–Kier alpha value is -3.07. The summed E-state index contributed by atoms with van der Waals surface area (Å²) < 4.78 is 33.7. The van der Waals surface area contributed by atoms with Crippen molar-refractivity contribution in [3.05, 3.63) is 97.2 Å². The molecule has 0 aromatic rings. The lowest BCUT2D eigenvalue weighted by Crippen LogP contribution is -2.37. The minimum Gasteiger partial charge on any atom is -0.756 e. The molecule has 0 heterocycles. The number of allylic oxidation sites excluding steroid dienone is 16. The minimum absolute atomic E-state index is 0.0369. The summed E-state index contributed by atoms with van der Waals surface area (Å²) in [4.78, 5) is 37.2. The molecule has 0 aliphatic heterocycles. The number of rotatable bonds is 42. The molecule has 9 nitrogen and oxygen atoms in total. The van der Waals surface area contributed by atoms with Crippen molar-refractivity contribution in [3.63, 3.8) is 0 Å². The monoisotopic (exact) mass is 886 g/mol. The van der Waals surface area contributed by atoms with Gasteiger partial charge in [-0.25, -0.2) is 0 Å². The number of hydrogen-bond acceptors (Lipinski definition) is 8. The number of phosphoric acid groups is 1. The Morgan fingerprint density at radius 2 is 0.919 bits per heavy atom. The molecular formula is C52H88NO8P. The normalized spacial score (nSPS) is 14.4. The van der Waals surface area contributed by atoms with Gasteiger partial charge in [-0.1, -0.05) is 175 Å². The van der Waals surface area contributed by atoms with E-state index in [1.165, 1.54) is 25.7 Å². The van der Waals surface area contributed by atoms with Crippen molar-refractivity contribution in [1.82, 2.24) is 0 Å². The zero-order valence-electron chi connectivity index (χ0n) is 39.8. The third kappa shape index (κ3) is 46.4. The molecule has 0 aromatic carbocycles. The average molecular weight is 886 g/mol. The van der Waals surface area contributed by atoms with Crippen LogP contribution in [0.3, 0.4) is 0 Å². The first kappa shape index (κ1) is 58.9. The van der Waals surface area contributed by atoms with Crippen LogP contribution in [0.1, 0.15) is 168 Å². The van der Waals surface area contributed by atoms with Gasteiger partial charge in [0.25, 0.3) is 7.82 Å². The van der Waals surface area contributed by atoms with Gasteiger partial charge in [0.2, 0.25) is 0 Å². The Labute approximate surface area is 379 Å². The van der Waals surface area contributed by atoms with Gasteiger partial charge in [0.05, 0.1) is 27.7 Å². The van der Waals surface area contributed by atoms with Crippen LogP contribution in [-0.4, -0.2) is 70.0 Å². The summed E-state index contributed by atoms with van der Waals surface area (Å²) in [6.07, 6.45) is 57.8. The van der Waals surface area contributed by atoms with Gasteiger partial charge in [0, 0.05) is 12.8 Å². The third-order valence-corrected chi connectivity index (χ3v) is 10.6. The number of esters is 2. The topological polar surface area (TPSA) is 111 Å². The summed E-state index contributed by atoms with van der Waals surface area (Å²) in [6, 6.07) is 0. The van der Waals surface area contributed by atoms with Crippen LogP contribution in [0.15, 0.2) is 97.2 Å². The molecule has 2 unspecified atom stereocenters. The number of carbonyl (C=O) groups is 2. The molecule has 0 saturated carbocycles. The number of carbonyl (C=O) groups excluding carboxylic acids is 2. The fourth-order valence-corrected chi connectivity index (χ4v) is 6.63. The highest BCUT2D eigenvalue weighted by atomic mass is 31.2. The Morgan fingerprint density at radius 3 is 1.37 bits per heavy atom. The SMILES string of the molecule is CC/C=C\C/C=C\C/C=C\C/C=C\C/C=C\C/C=C\C/C=C\C/C=C\CCCCCCCCCCC(=O)OC(COC(=O)CCCCCCC)COP(=O)([O-])OCC[N+](C)(C)C. The van der Waals surface area contributed by atoms with Crippen LogP contribution in [-0.2, 0) is 32.7 Å². The molecular weight excluding hydrogens is 798 g/mol. The van der Waals surface area contributed by atoms with Gasteiger partial charge in [0.1, 0.15) is 19.8 Å². The summed E-state index contributed by atoms with van der Waals surface area (Å²) in [5.41, 5.74) is 0. The Balaban J connectivity index is 4.06. The summed E-state index contributed by atoms with van der Waals surface area (Å²) in [7, 11) is 1.14. The number of phosphoric ester groups is 1. The van der Waals surface area contributed by atoms with Gasteiger partial charge >= 0.3 is 11.9 Å². The second-order valence-electron chi connectivity index (χ2n) is 16.7. The maximum absolute atomic E-state index is 12.6. The first-order valence-corrected chi connectivity index (χ1v) is 25.4. The van der Waals surface area contributed by atoms with Crippen LogP contribution in [0, 0.1) is 0 Å². The van der Waals surface area contributed by atoms with Crippen LogP contribution in [0.4, 0.5) is 0 Å². The number of unbranched alkanes of at least 4 members (excludes halogenated alkanes) is 12. The molecule has 0 radical (unpaired) electrons. The molecule has 0 aromatic heterocycles. The lowest BCUT2D eigenvalue weighted by atomic mass is 10.1. The molecule has 0 aliphatic carbocycles. The summed E-state index contributed by atoms with van der Waals surface area (Å²) in [6.45, 7) is 3.98.